The maximum atomic E-state index is 11.5. The van der Waals surface area contributed by atoms with Gasteiger partial charge in [-0.15, -0.1) is 0 Å². The van der Waals surface area contributed by atoms with Crippen LogP contribution in [0.5, 0.6) is 0 Å². The van der Waals surface area contributed by atoms with Crippen molar-refractivity contribution < 1.29 is 8.42 Å². The van der Waals surface area contributed by atoms with Gasteiger partial charge in [-0.05, 0) is 39.2 Å². The quantitative estimate of drug-likeness (QED) is 0.800. The Labute approximate surface area is 119 Å². The number of piperidine rings is 1. The molecule has 0 aromatic heterocycles. The van der Waals surface area contributed by atoms with Gasteiger partial charge < -0.3 is 0 Å². The zero-order valence-electron chi connectivity index (χ0n) is 13.5. The Kier molecular flexibility index (Phi) is 4.75. The first-order valence-electron chi connectivity index (χ1n) is 7.05. The molecule has 0 bridgehead atoms. The highest BCUT2D eigenvalue weighted by Crippen LogP contribution is 2.37. The third kappa shape index (κ3) is 3.70. The Morgan fingerprint density at radius 3 is 1.79 bits per heavy atom. The molecule has 1 fully saturated rings. The summed E-state index contributed by atoms with van der Waals surface area (Å²) in [5, 5.41) is 0. The SMILES string of the molecule is CN(C1CCN(S(C)(=O)=O)CC1)C(C)(C)C(C)(C)C. The fraction of sp³-hybridized carbons (Fsp3) is 1.00. The summed E-state index contributed by atoms with van der Waals surface area (Å²) in [7, 11) is -0.851. The Bertz CT molecular complexity index is 402. The van der Waals surface area contributed by atoms with Gasteiger partial charge in [-0.2, -0.15) is 0 Å². The molecular weight excluding hydrogens is 260 g/mol. The van der Waals surface area contributed by atoms with Crippen LogP contribution >= 0.6 is 0 Å². The second kappa shape index (κ2) is 5.34. The third-order valence-electron chi connectivity index (χ3n) is 5.16. The van der Waals surface area contributed by atoms with Crippen LogP contribution in [0.25, 0.3) is 0 Å². The molecule has 1 heterocycles. The van der Waals surface area contributed by atoms with Crippen molar-refractivity contribution in [3.63, 3.8) is 0 Å². The molecule has 0 saturated carbocycles. The lowest BCUT2D eigenvalue weighted by Gasteiger charge is -2.51. The molecular formula is C14H30N2O2S. The van der Waals surface area contributed by atoms with E-state index in [1.165, 1.54) is 6.26 Å². The van der Waals surface area contributed by atoms with Crippen LogP contribution in [0.15, 0.2) is 0 Å². The van der Waals surface area contributed by atoms with Gasteiger partial charge in [0.2, 0.25) is 10.0 Å². The fourth-order valence-electron chi connectivity index (χ4n) is 2.55. The van der Waals surface area contributed by atoms with E-state index >= 15 is 0 Å². The first-order chi connectivity index (χ1) is 8.37. The molecule has 0 atom stereocenters. The third-order valence-corrected chi connectivity index (χ3v) is 6.46. The van der Waals surface area contributed by atoms with Gasteiger partial charge in [0.15, 0.2) is 0 Å². The zero-order chi connectivity index (χ0) is 15.1. The molecule has 0 radical (unpaired) electrons. The number of hydrogen-bond acceptors (Lipinski definition) is 3. The largest absolute Gasteiger partial charge is 0.298 e. The van der Waals surface area contributed by atoms with E-state index in [0.29, 0.717) is 19.1 Å². The lowest BCUT2D eigenvalue weighted by molar-refractivity contribution is -0.00405. The van der Waals surface area contributed by atoms with Gasteiger partial charge in [-0.3, -0.25) is 4.90 Å². The molecule has 0 aromatic carbocycles. The van der Waals surface area contributed by atoms with Gasteiger partial charge in [0.25, 0.3) is 0 Å². The molecule has 1 aliphatic rings. The highest BCUT2D eigenvalue weighted by Gasteiger charge is 2.40. The van der Waals surface area contributed by atoms with E-state index in [2.05, 4.69) is 46.6 Å². The van der Waals surface area contributed by atoms with Crippen molar-refractivity contribution >= 4 is 10.0 Å². The molecule has 114 valence electrons. The minimum absolute atomic E-state index is 0.0882. The molecule has 1 rings (SSSR count). The van der Waals surface area contributed by atoms with Crippen molar-refractivity contribution in [3.05, 3.63) is 0 Å². The van der Waals surface area contributed by atoms with Crippen LogP contribution in [-0.2, 0) is 10.0 Å². The molecule has 5 heteroatoms. The summed E-state index contributed by atoms with van der Waals surface area (Å²) in [6, 6.07) is 0.465. The number of rotatable bonds is 3. The van der Waals surface area contributed by atoms with Crippen LogP contribution in [0.1, 0.15) is 47.5 Å². The van der Waals surface area contributed by atoms with E-state index in [9.17, 15) is 8.42 Å². The number of sulfonamides is 1. The van der Waals surface area contributed by atoms with E-state index in [4.69, 9.17) is 0 Å². The summed E-state index contributed by atoms with van der Waals surface area (Å²) in [4.78, 5) is 2.44. The molecule has 1 saturated heterocycles. The highest BCUT2D eigenvalue weighted by atomic mass is 32.2. The lowest BCUT2D eigenvalue weighted by Crippen LogP contribution is -2.57. The minimum atomic E-state index is -3.02. The van der Waals surface area contributed by atoms with Crippen molar-refractivity contribution in [1.29, 1.82) is 0 Å². The monoisotopic (exact) mass is 290 g/mol. The number of hydrogen-bond donors (Lipinski definition) is 0. The van der Waals surface area contributed by atoms with Gasteiger partial charge in [-0.1, -0.05) is 20.8 Å². The van der Waals surface area contributed by atoms with Gasteiger partial charge >= 0.3 is 0 Å². The summed E-state index contributed by atoms with van der Waals surface area (Å²) in [6.07, 6.45) is 3.14. The smallest absolute Gasteiger partial charge is 0.211 e. The Hall–Kier alpha value is -0.130. The van der Waals surface area contributed by atoms with E-state index < -0.39 is 10.0 Å². The van der Waals surface area contributed by atoms with Gasteiger partial charge in [0.1, 0.15) is 0 Å². The maximum absolute atomic E-state index is 11.5. The topological polar surface area (TPSA) is 40.6 Å². The molecule has 0 amide bonds. The molecule has 0 aromatic rings. The predicted molar refractivity (Wildman–Crippen MR) is 80.7 cm³/mol. The standard InChI is InChI=1S/C14H30N2O2S/c1-13(2,3)14(4,5)15(6)12-8-10-16(11-9-12)19(7,17)18/h12H,8-11H2,1-7H3. The van der Waals surface area contributed by atoms with E-state index in [0.717, 1.165) is 12.8 Å². The van der Waals surface area contributed by atoms with Crippen molar-refractivity contribution in [2.45, 2.75) is 59.0 Å². The van der Waals surface area contributed by atoms with Crippen LogP contribution in [-0.4, -0.2) is 55.6 Å². The second-order valence-electron chi connectivity index (χ2n) is 7.31. The summed E-state index contributed by atoms with van der Waals surface area (Å²) < 4.78 is 24.7. The van der Waals surface area contributed by atoms with Crippen LogP contribution in [0, 0.1) is 5.41 Å². The van der Waals surface area contributed by atoms with E-state index in [1.54, 1.807) is 4.31 Å². The van der Waals surface area contributed by atoms with Crippen LogP contribution in [0.3, 0.4) is 0 Å². The molecule has 0 spiro atoms. The molecule has 0 N–H and O–H groups in total. The minimum Gasteiger partial charge on any atom is -0.298 e. The first kappa shape index (κ1) is 16.9. The molecule has 0 unspecified atom stereocenters. The summed E-state index contributed by atoms with van der Waals surface area (Å²) >= 11 is 0. The maximum Gasteiger partial charge on any atom is 0.211 e. The average molecular weight is 290 g/mol. The molecule has 4 nitrogen and oxygen atoms in total. The van der Waals surface area contributed by atoms with Crippen molar-refractivity contribution in [3.8, 4) is 0 Å². The molecule has 19 heavy (non-hydrogen) atoms. The second-order valence-corrected chi connectivity index (χ2v) is 9.30. The number of nitrogens with zero attached hydrogens (tertiary/aromatic N) is 2. The van der Waals surface area contributed by atoms with Crippen molar-refractivity contribution in [2.75, 3.05) is 26.4 Å². The fourth-order valence-corrected chi connectivity index (χ4v) is 3.42. The predicted octanol–water partition coefficient (Wildman–Crippen LogP) is 2.17. The average Bonchev–Trinajstić information content (AvgIpc) is 2.25. The first-order valence-corrected chi connectivity index (χ1v) is 8.90. The van der Waals surface area contributed by atoms with Gasteiger partial charge in [0.05, 0.1) is 6.26 Å². The highest BCUT2D eigenvalue weighted by molar-refractivity contribution is 7.88. The summed E-state index contributed by atoms with van der Waals surface area (Å²) in [5.41, 5.74) is 0.278. The van der Waals surface area contributed by atoms with Crippen LogP contribution in [0.4, 0.5) is 0 Å². The van der Waals surface area contributed by atoms with Crippen molar-refractivity contribution in [2.24, 2.45) is 5.41 Å². The van der Waals surface area contributed by atoms with E-state index in [1.807, 2.05) is 0 Å². The lowest BCUT2D eigenvalue weighted by atomic mass is 9.74. The normalized spacial score (nSPS) is 21.1. The molecule has 0 aliphatic carbocycles. The van der Waals surface area contributed by atoms with E-state index in [-0.39, 0.29) is 11.0 Å². The van der Waals surface area contributed by atoms with Crippen molar-refractivity contribution in [1.82, 2.24) is 9.21 Å². The summed E-state index contributed by atoms with van der Waals surface area (Å²) in [5.74, 6) is 0. The Morgan fingerprint density at radius 2 is 1.47 bits per heavy atom. The van der Waals surface area contributed by atoms with Gasteiger partial charge in [0, 0.05) is 24.7 Å². The Balaban J connectivity index is 2.71. The molecule has 1 aliphatic heterocycles. The zero-order valence-corrected chi connectivity index (χ0v) is 14.3. The van der Waals surface area contributed by atoms with Crippen LogP contribution < -0.4 is 0 Å². The van der Waals surface area contributed by atoms with Gasteiger partial charge in [-0.25, -0.2) is 12.7 Å². The van der Waals surface area contributed by atoms with Crippen LogP contribution in [0.2, 0.25) is 0 Å². The summed E-state index contributed by atoms with van der Waals surface area (Å²) in [6.45, 7) is 12.6. The Morgan fingerprint density at radius 1 is 1.05 bits per heavy atom.